The maximum Gasteiger partial charge on any atom is 0.270 e. The van der Waals surface area contributed by atoms with E-state index in [2.05, 4.69) is 108 Å². The lowest BCUT2D eigenvalue weighted by atomic mass is 9.67. The highest BCUT2D eigenvalue weighted by Gasteiger charge is 2.95. The maximum atomic E-state index is 14.7. The lowest BCUT2D eigenvalue weighted by Gasteiger charge is -2.44. The van der Waals surface area contributed by atoms with E-state index in [1.165, 1.54) is 28.8 Å². The van der Waals surface area contributed by atoms with Crippen LogP contribution in [0, 0.1) is 10.1 Å². The van der Waals surface area contributed by atoms with E-state index >= 15 is 0 Å². The first-order valence-electron chi connectivity index (χ1n) is 16.3. The van der Waals surface area contributed by atoms with E-state index in [4.69, 9.17) is 4.98 Å². The molecule has 10 rings (SSSR count). The Bertz CT molecular complexity index is 2330. The number of benzene rings is 5. The molecule has 5 atom stereocenters. The van der Waals surface area contributed by atoms with Crippen molar-refractivity contribution < 1.29 is 4.92 Å². The number of fused-ring (bicyclic) bond motifs is 11. The normalized spacial score (nSPS) is 28.2. The van der Waals surface area contributed by atoms with Gasteiger partial charge in [-0.15, -0.1) is 0 Å². The second kappa shape index (κ2) is 9.11. The Kier molecular flexibility index (Phi) is 5.19. The van der Waals surface area contributed by atoms with Crippen LogP contribution in [0.4, 0.5) is 5.69 Å². The van der Waals surface area contributed by atoms with Crippen molar-refractivity contribution in [2.75, 3.05) is 6.54 Å². The van der Waals surface area contributed by atoms with Crippen LogP contribution in [0.2, 0.25) is 0 Å². The van der Waals surface area contributed by atoms with Crippen LogP contribution < -0.4 is 5.56 Å². The summed E-state index contributed by atoms with van der Waals surface area (Å²) in [7, 11) is 0. The lowest BCUT2D eigenvalue weighted by Crippen LogP contribution is -2.53. The molecule has 3 fully saturated rings. The quantitative estimate of drug-likeness (QED) is 0.158. The number of nitro benzene ring substituents is 1. The van der Waals surface area contributed by atoms with Crippen molar-refractivity contribution in [3.8, 4) is 5.69 Å². The minimum atomic E-state index is -0.794. The van der Waals surface area contributed by atoms with Gasteiger partial charge in [0.2, 0.25) is 0 Å². The molecule has 0 bridgehead atoms. The van der Waals surface area contributed by atoms with Gasteiger partial charge in [0, 0.05) is 40.5 Å². The average Bonchev–Trinajstić information content (AvgIpc) is 3.35. The fourth-order valence-corrected chi connectivity index (χ4v) is 10.6. The van der Waals surface area contributed by atoms with E-state index in [1.807, 2.05) is 12.1 Å². The number of nitro groups is 1. The smallest absolute Gasteiger partial charge is 0.270 e. The molecule has 7 heteroatoms. The third kappa shape index (κ3) is 2.89. The van der Waals surface area contributed by atoms with E-state index in [-0.39, 0.29) is 34.0 Å². The zero-order valence-corrected chi connectivity index (χ0v) is 25.5. The molecule has 1 aromatic heterocycles. The van der Waals surface area contributed by atoms with Gasteiger partial charge in [-0.2, -0.15) is 0 Å². The van der Waals surface area contributed by atoms with Crippen LogP contribution in [-0.2, 0) is 16.4 Å². The first-order valence-corrected chi connectivity index (χ1v) is 16.3. The van der Waals surface area contributed by atoms with Crippen LogP contribution in [0.15, 0.2) is 138 Å². The van der Waals surface area contributed by atoms with Gasteiger partial charge in [-0.05, 0) is 48.2 Å². The van der Waals surface area contributed by atoms with Crippen LogP contribution in [0.3, 0.4) is 0 Å². The fourth-order valence-electron chi connectivity index (χ4n) is 10.6. The maximum absolute atomic E-state index is 14.7. The monoisotopic (exact) mass is 614 g/mol. The van der Waals surface area contributed by atoms with Gasteiger partial charge in [0.25, 0.3) is 11.2 Å². The molecule has 47 heavy (non-hydrogen) atoms. The Hall–Kier alpha value is -5.40. The number of piperidine rings is 1. The number of non-ortho nitro benzene ring substituents is 1. The van der Waals surface area contributed by atoms with Crippen molar-refractivity contribution in [1.29, 1.82) is 0 Å². The SMILES string of the molecule is O=c1c2cc([N+](=O)[O-])ccc2nc2n1-c1ccccc1[C@@]21N2CCC[C@@H]2[C@]2(c3ccccc3)[C@@H](c3ccccc3)[C@@]21c1ccccc1. The molecule has 1 saturated carbocycles. The van der Waals surface area contributed by atoms with E-state index in [0.717, 1.165) is 30.6 Å². The highest BCUT2D eigenvalue weighted by molar-refractivity contribution is 5.83. The van der Waals surface area contributed by atoms with E-state index in [1.54, 1.807) is 10.6 Å². The van der Waals surface area contributed by atoms with Crippen LogP contribution in [-0.4, -0.2) is 32.0 Å². The van der Waals surface area contributed by atoms with Gasteiger partial charge in [-0.3, -0.25) is 24.4 Å². The van der Waals surface area contributed by atoms with E-state index < -0.39 is 15.9 Å². The van der Waals surface area contributed by atoms with Gasteiger partial charge in [-0.1, -0.05) is 109 Å². The summed E-state index contributed by atoms with van der Waals surface area (Å²) in [6.45, 7) is 0.873. The zero-order valence-electron chi connectivity index (χ0n) is 25.5. The summed E-state index contributed by atoms with van der Waals surface area (Å²) in [5.74, 6) is 0.793. The number of para-hydroxylation sites is 1. The largest absolute Gasteiger partial charge is 0.282 e. The second-order valence-electron chi connectivity index (χ2n) is 13.4. The van der Waals surface area contributed by atoms with Crippen LogP contribution in [0.5, 0.6) is 0 Å². The van der Waals surface area contributed by atoms with Crippen molar-refractivity contribution in [2.24, 2.45) is 0 Å². The molecule has 1 spiro atoms. The number of hydrogen-bond donors (Lipinski definition) is 0. The Morgan fingerprint density at radius 1 is 0.787 bits per heavy atom. The van der Waals surface area contributed by atoms with Crippen LogP contribution >= 0.6 is 0 Å². The molecule has 2 saturated heterocycles. The average molecular weight is 615 g/mol. The molecule has 0 amide bonds. The lowest BCUT2D eigenvalue weighted by molar-refractivity contribution is -0.384. The number of aromatic nitrogens is 2. The van der Waals surface area contributed by atoms with Crippen molar-refractivity contribution >= 4 is 16.6 Å². The molecular weight excluding hydrogens is 584 g/mol. The third-order valence-electron chi connectivity index (χ3n) is 11.8. The summed E-state index contributed by atoms with van der Waals surface area (Å²) in [6.07, 6.45) is 2.07. The van der Waals surface area contributed by atoms with Gasteiger partial charge >= 0.3 is 0 Å². The van der Waals surface area contributed by atoms with Gasteiger partial charge in [-0.25, -0.2) is 4.98 Å². The summed E-state index contributed by atoms with van der Waals surface area (Å²) in [5, 5.41) is 12.0. The molecule has 0 unspecified atom stereocenters. The minimum Gasteiger partial charge on any atom is -0.282 e. The predicted octanol–water partition coefficient (Wildman–Crippen LogP) is 7.00. The summed E-state index contributed by atoms with van der Waals surface area (Å²) < 4.78 is 1.78. The minimum absolute atomic E-state index is 0.0874. The van der Waals surface area contributed by atoms with Gasteiger partial charge in [0.05, 0.1) is 21.5 Å². The Morgan fingerprint density at radius 2 is 1.45 bits per heavy atom. The van der Waals surface area contributed by atoms with Crippen molar-refractivity contribution in [3.05, 3.63) is 182 Å². The number of nitrogens with zero attached hydrogens (tertiary/aromatic N) is 4. The van der Waals surface area contributed by atoms with Gasteiger partial charge < -0.3 is 0 Å². The van der Waals surface area contributed by atoms with Crippen LogP contribution in [0.25, 0.3) is 16.6 Å². The first-order chi connectivity index (χ1) is 23.1. The molecule has 4 aliphatic rings. The molecule has 228 valence electrons. The predicted molar refractivity (Wildman–Crippen MR) is 180 cm³/mol. The van der Waals surface area contributed by atoms with Gasteiger partial charge in [0.15, 0.2) is 0 Å². The van der Waals surface area contributed by atoms with E-state index in [9.17, 15) is 14.9 Å². The fraction of sp³-hybridized carbons (Fsp3) is 0.200. The molecule has 1 aliphatic carbocycles. The summed E-state index contributed by atoms with van der Waals surface area (Å²) >= 11 is 0. The molecule has 6 aromatic rings. The standard InChI is InChI=1S/C40H30N4O3/c45-36-30-25-29(44(46)47)22-23-32(30)41-37-40(31-19-10-11-20-33(31)43(36)37)39(28-17-8-3-9-18-28)35(26-13-4-1-5-14-26)38(39,27-15-6-2-7-16-27)34-21-12-24-42(34)40/h1-11,13-20,22-23,25,34-35H,12,21,24H2/t34-,35-,38-,39+,40-/m1/s1. The highest BCUT2D eigenvalue weighted by Crippen LogP contribution is 2.89. The Balaban J connectivity index is 1.42. The molecule has 3 aliphatic heterocycles. The molecule has 5 aromatic carbocycles. The molecular formula is C40H30N4O3. The summed E-state index contributed by atoms with van der Waals surface area (Å²) in [6, 6.07) is 45.7. The van der Waals surface area contributed by atoms with Crippen molar-refractivity contribution in [3.63, 3.8) is 0 Å². The van der Waals surface area contributed by atoms with Crippen molar-refractivity contribution in [2.45, 2.75) is 41.2 Å². The summed E-state index contributed by atoms with van der Waals surface area (Å²) in [5.41, 5.74) is 4.13. The summed E-state index contributed by atoms with van der Waals surface area (Å²) in [4.78, 5) is 34.2. The topological polar surface area (TPSA) is 81.3 Å². The van der Waals surface area contributed by atoms with Crippen molar-refractivity contribution in [1.82, 2.24) is 14.5 Å². The van der Waals surface area contributed by atoms with Gasteiger partial charge in [0.1, 0.15) is 11.4 Å². The molecule has 7 nitrogen and oxygen atoms in total. The zero-order chi connectivity index (χ0) is 31.5. The third-order valence-corrected chi connectivity index (χ3v) is 11.8. The molecule has 0 radical (unpaired) electrons. The Morgan fingerprint density at radius 3 is 2.17 bits per heavy atom. The second-order valence-corrected chi connectivity index (χ2v) is 13.4. The number of rotatable bonds is 4. The van der Waals surface area contributed by atoms with E-state index in [0.29, 0.717) is 11.3 Å². The Labute approximate surface area is 270 Å². The first kappa shape index (κ1) is 26.8. The highest BCUT2D eigenvalue weighted by atomic mass is 16.6. The van der Waals surface area contributed by atoms with Crippen LogP contribution in [0.1, 0.15) is 46.8 Å². The number of hydrogen-bond acceptors (Lipinski definition) is 5. The molecule has 4 heterocycles. The molecule has 0 N–H and O–H groups in total.